The third kappa shape index (κ3) is 1.04. The number of aromatic nitrogens is 1. The van der Waals surface area contributed by atoms with Gasteiger partial charge in [-0.1, -0.05) is 0 Å². The van der Waals surface area contributed by atoms with E-state index in [4.69, 9.17) is 4.11 Å². The van der Waals surface area contributed by atoms with E-state index in [1.807, 2.05) is 0 Å². The second-order valence-electron chi connectivity index (χ2n) is 1.09. The molecule has 0 amide bonds. The summed E-state index contributed by atoms with van der Waals surface area (Å²) < 4.78 is 33.4. The van der Waals surface area contributed by atoms with Crippen LogP contribution >= 0.6 is 15.9 Å². The minimum atomic E-state index is -0.897. The summed E-state index contributed by atoms with van der Waals surface area (Å²) in [7, 11) is 0. The predicted octanol–water partition coefficient (Wildman–Crippen LogP) is 1.98. The lowest BCUT2D eigenvalue weighted by molar-refractivity contribution is 0.614. The van der Waals surface area contributed by atoms with Crippen molar-refractivity contribution in [2.45, 2.75) is 0 Å². The van der Waals surface area contributed by atoms with Crippen molar-refractivity contribution in [3.63, 3.8) is 0 Å². The van der Waals surface area contributed by atoms with Gasteiger partial charge in [0.05, 0.1) is 14.8 Å². The first-order valence-corrected chi connectivity index (χ1v) is 2.62. The van der Waals surface area contributed by atoms with E-state index in [1.54, 1.807) is 0 Å². The van der Waals surface area contributed by atoms with E-state index < -0.39 is 18.2 Å². The quantitative estimate of drug-likeness (QED) is 0.593. The van der Waals surface area contributed by atoms with Gasteiger partial charge in [0.15, 0.2) is 5.82 Å². The molecular formula is C5H3BrFN. The molecule has 0 spiro atoms. The number of halogens is 2. The molecular weight excluding hydrogens is 173 g/mol. The van der Waals surface area contributed by atoms with Gasteiger partial charge in [-0.05, 0) is 22.0 Å². The molecule has 0 saturated heterocycles. The lowest BCUT2D eigenvalue weighted by Crippen LogP contribution is -1.75. The topological polar surface area (TPSA) is 12.9 Å². The third-order valence-corrected chi connectivity index (χ3v) is 1.11. The maximum Gasteiger partial charge on any atom is 0.155 e. The number of pyridine rings is 1. The van der Waals surface area contributed by atoms with Crippen molar-refractivity contribution in [1.82, 2.24) is 4.98 Å². The summed E-state index contributed by atoms with van der Waals surface area (Å²) in [5.41, 5.74) is 0. The molecule has 0 aromatic carbocycles. The molecule has 0 aliphatic rings. The summed E-state index contributed by atoms with van der Waals surface area (Å²) in [5, 5.41) is 0. The van der Waals surface area contributed by atoms with E-state index in [1.165, 1.54) is 0 Å². The second kappa shape index (κ2) is 2.22. The Hall–Kier alpha value is -0.440. The first kappa shape index (κ1) is 2.92. The van der Waals surface area contributed by atoms with Gasteiger partial charge in [-0.25, -0.2) is 4.39 Å². The normalized spacial score (nSPS) is 14.5. The molecule has 0 bridgehead atoms. The highest BCUT2D eigenvalue weighted by Gasteiger charge is 1.92. The zero-order valence-corrected chi connectivity index (χ0v) is 5.29. The van der Waals surface area contributed by atoms with Crippen molar-refractivity contribution in [3.05, 3.63) is 28.7 Å². The van der Waals surface area contributed by atoms with Gasteiger partial charge in [-0.3, -0.25) is 4.98 Å². The zero-order valence-electron chi connectivity index (χ0n) is 6.70. The molecule has 0 atom stereocenters. The lowest BCUT2D eigenvalue weighted by Gasteiger charge is -1.86. The molecule has 1 aromatic heterocycles. The smallest absolute Gasteiger partial charge is 0.155 e. The molecule has 0 saturated carbocycles. The molecule has 1 aromatic rings. The summed E-state index contributed by atoms with van der Waals surface area (Å²) in [6.45, 7) is 0. The van der Waals surface area contributed by atoms with Crippen molar-refractivity contribution >= 4 is 15.9 Å². The fourth-order valence-electron chi connectivity index (χ4n) is 0.258. The van der Waals surface area contributed by atoms with Gasteiger partial charge in [0.25, 0.3) is 0 Å². The van der Waals surface area contributed by atoms with E-state index in [2.05, 4.69) is 20.9 Å². The highest BCUT2D eigenvalue weighted by molar-refractivity contribution is 9.10. The number of nitrogens with zero attached hydrogens (tertiary/aromatic N) is 1. The summed E-state index contributed by atoms with van der Waals surface area (Å²) in [4.78, 5) is 3.17. The molecule has 3 heteroatoms. The Balaban J connectivity index is 3.46. The number of hydrogen-bond donors (Lipinski definition) is 0. The van der Waals surface area contributed by atoms with Crippen LogP contribution in [0.5, 0.6) is 0 Å². The average molecular weight is 179 g/mol. The van der Waals surface area contributed by atoms with Crippen molar-refractivity contribution in [2.75, 3.05) is 0 Å². The maximum atomic E-state index is 12.7. The van der Waals surface area contributed by atoms with Crippen LogP contribution < -0.4 is 0 Å². The highest BCUT2D eigenvalue weighted by atomic mass is 79.9. The summed E-state index contributed by atoms with van der Waals surface area (Å²) >= 11 is 2.74. The summed E-state index contributed by atoms with van der Waals surface area (Å²) in [5.74, 6) is -0.897. The van der Waals surface area contributed by atoms with Gasteiger partial charge in [-0.2, -0.15) is 0 Å². The van der Waals surface area contributed by atoms with Gasteiger partial charge in [-0.15, -0.1) is 0 Å². The number of rotatable bonds is 0. The molecule has 1 heterocycles. The van der Waals surface area contributed by atoms with Crippen LogP contribution in [0.25, 0.3) is 0 Å². The Bertz CT molecular complexity index is 278. The molecule has 8 heavy (non-hydrogen) atoms. The second-order valence-corrected chi connectivity index (χ2v) is 1.88. The fraction of sp³-hybridized carbons (Fsp3) is 0. The average Bonchev–Trinajstić information content (AvgIpc) is 1.97. The summed E-state index contributed by atoms with van der Waals surface area (Å²) in [6.07, 6.45) is -1.01. The predicted molar refractivity (Wildman–Crippen MR) is 31.9 cm³/mol. The van der Waals surface area contributed by atoms with E-state index in [0.717, 1.165) is 0 Å². The molecule has 0 fully saturated rings. The van der Waals surface area contributed by atoms with E-state index in [9.17, 15) is 4.39 Å². The Kier molecular flexibility index (Phi) is 0.809. The first-order chi connectivity index (χ1) is 5.04. The van der Waals surface area contributed by atoms with Gasteiger partial charge >= 0.3 is 0 Å². The lowest BCUT2D eigenvalue weighted by atomic mass is 10.5. The standard InChI is InChI=1S/C5H3BrFN/c6-4-1-2-8-3-5(4)7/h1-3H/i1D,2D,3D. The van der Waals surface area contributed by atoms with Crippen LogP contribution in [0.4, 0.5) is 4.39 Å². The van der Waals surface area contributed by atoms with Crippen molar-refractivity contribution in [1.29, 1.82) is 0 Å². The van der Waals surface area contributed by atoms with Crippen molar-refractivity contribution < 1.29 is 8.50 Å². The van der Waals surface area contributed by atoms with Crippen LogP contribution in [0, 0.1) is 5.82 Å². The molecule has 1 rings (SSSR count). The van der Waals surface area contributed by atoms with Crippen LogP contribution in [0.1, 0.15) is 4.11 Å². The van der Waals surface area contributed by atoms with Crippen LogP contribution in [-0.4, -0.2) is 4.98 Å². The molecule has 0 N–H and O–H groups in total. The van der Waals surface area contributed by atoms with Crippen LogP contribution in [0.2, 0.25) is 0 Å². The van der Waals surface area contributed by atoms with Gasteiger partial charge in [0, 0.05) is 6.17 Å². The highest BCUT2D eigenvalue weighted by Crippen LogP contribution is 2.10. The van der Waals surface area contributed by atoms with E-state index in [0.29, 0.717) is 0 Å². The van der Waals surface area contributed by atoms with Crippen molar-refractivity contribution in [3.8, 4) is 0 Å². The minimum absolute atomic E-state index is 0.178. The molecule has 0 radical (unpaired) electrons. The first-order valence-electron chi connectivity index (χ1n) is 3.33. The molecule has 0 aliphatic heterocycles. The Labute approximate surface area is 58.9 Å². The monoisotopic (exact) mass is 178 g/mol. The zero-order chi connectivity index (χ0) is 8.59. The van der Waals surface area contributed by atoms with Gasteiger partial charge in [0.1, 0.15) is 0 Å². The minimum Gasteiger partial charge on any atom is -0.262 e. The Morgan fingerprint density at radius 3 is 3.38 bits per heavy atom. The van der Waals surface area contributed by atoms with E-state index >= 15 is 0 Å². The van der Waals surface area contributed by atoms with Gasteiger partial charge < -0.3 is 0 Å². The molecule has 0 unspecified atom stereocenters. The largest absolute Gasteiger partial charge is 0.262 e. The molecule has 0 aliphatic carbocycles. The van der Waals surface area contributed by atoms with Crippen LogP contribution in [0.3, 0.4) is 0 Å². The molecule has 42 valence electrons. The van der Waals surface area contributed by atoms with Crippen LogP contribution in [0.15, 0.2) is 22.9 Å². The fourth-order valence-corrected chi connectivity index (χ4v) is 0.435. The number of hydrogen-bond acceptors (Lipinski definition) is 1. The van der Waals surface area contributed by atoms with E-state index in [-0.39, 0.29) is 10.5 Å². The third-order valence-electron chi connectivity index (χ3n) is 0.568. The Morgan fingerprint density at radius 1 is 1.88 bits per heavy atom. The SMILES string of the molecule is [2H]c1nc([2H])c(F)c(Br)c1[2H]. The Morgan fingerprint density at radius 2 is 2.62 bits per heavy atom. The van der Waals surface area contributed by atoms with Gasteiger partial charge in [0.2, 0.25) is 0 Å². The van der Waals surface area contributed by atoms with Crippen molar-refractivity contribution in [2.24, 2.45) is 0 Å². The van der Waals surface area contributed by atoms with Crippen LogP contribution in [-0.2, 0) is 0 Å². The molecule has 1 nitrogen and oxygen atoms in total. The summed E-state index contributed by atoms with van der Waals surface area (Å²) in [6, 6.07) is -0.335. The maximum absolute atomic E-state index is 12.7.